The van der Waals surface area contributed by atoms with Crippen LogP contribution in [0.25, 0.3) is 0 Å². The van der Waals surface area contributed by atoms with Crippen molar-refractivity contribution in [2.75, 3.05) is 12.4 Å². The van der Waals surface area contributed by atoms with Gasteiger partial charge in [-0.2, -0.15) is 5.26 Å². The van der Waals surface area contributed by atoms with Gasteiger partial charge in [0, 0.05) is 6.54 Å². The summed E-state index contributed by atoms with van der Waals surface area (Å²) in [6, 6.07) is 8.51. The fourth-order valence-electron chi connectivity index (χ4n) is 1.35. The van der Waals surface area contributed by atoms with Crippen molar-refractivity contribution in [1.82, 2.24) is 4.72 Å². The van der Waals surface area contributed by atoms with Crippen LogP contribution in [0.3, 0.4) is 0 Å². The van der Waals surface area contributed by atoms with Crippen molar-refractivity contribution in [2.45, 2.75) is 13.5 Å². The summed E-state index contributed by atoms with van der Waals surface area (Å²) in [7, 11) is -3.73. The molecule has 0 saturated heterocycles. The maximum Gasteiger partial charge on any atom is 0.322 e. The molecule has 0 aromatic heterocycles. The lowest BCUT2D eigenvalue weighted by Gasteiger charge is -2.06. The van der Waals surface area contributed by atoms with Crippen LogP contribution >= 0.6 is 0 Å². The first-order chi connectivity index (χ1) is 8.96. The standard InChI is InChI=1S/C12H14N2O4S/c1-2-18-12(15)9-19(16,17)14-8-11-5-3-4-10(6-11)7-13/h3-6,14H,2,8-9H2,1H3. The average molecular weight is 282 g/mol. The number of carbonyl (C=O) groups is 1. The number of carbonyl (C=O) groups excluding carboxylic acids is 1. The maximum absolute atomic E-state index is 11.6. The molecule has 19 heavy (non-hydrogen) atoms. The van der Waals surface area contributed by atoms with Crippen LogP contribution in [0, 0.1) is 11.3 Å². The van der Waals surface area contributed by atoms with E-state index in [9.17, 15) is 13.2 Å². The highest BCUT2D eigenvalue weighted by Crippen LogP contribution is 2.04. The van der Waals surface area contributed by atoms with Crippen LogP contribution in [0.5, 0.6) is 0 Å². The van der Waals surface area contributed by atoms with Gasteiger partial charge in [-0.1, -0.05) is 12.1 Å². The van der Waals surface area contributed by atoms with Crippen LogP contribution < -0.4 is 4.72 Å². The number of hydrogen-bond donors (Lipinski definition) is 1. The predicted octanol–water partition coefficient (Wildman–Crippen LogP) is 0.541. The Balaban J connectivity index is 2.60. The number of esters is 1. The summed E-state index contributed by atoms with van der Waals surface area (Å²) < 4.78 is 30.0. The van der Waals surface area contributed by atoms with E-state index in [1.807, 2.05) is 6.07 Å². The van der Waals surface area contributed by atoms with E-state index >= 15 is 0 Å². The second kappa shape index (κ2) is 6.87. The van der Waals surface area contributed by atoms with Crippen molar-refractivity contribution in [3.8, 4) is 6.07 Å². The second-order valence-electron chi connectivity index (χ2n) is 3.70. The molecule has 0 atom stereocenters. The first-order valence-corrected chi connectivity index (χ1v) is 7.24. The van der Waals surface area contributed by atoms with Crippen LogP contribution in [0.15, 0.2) is 24.3 Å². The molecule has 0 bridgehead atoms. The summed E-state index contributed by atoms with van der Waals surface area (Å²) in [5.41, 5.74) is 1.09. The Morgan fingerprint density at radius 2 is 2.21 bits per heavy atom. The van der Waals surface area contributed by atoms with Crippen molar-refractivity contribution in [3.63, 3.8) is 0 Å². The molecular weight excluding hydrogens is 268 g/mol. The van der Waals surface area contributed by atoms with Crippen LogP contribution in [-0.4, -0.2) is 26.7 Å². The van der Waals surface area contributed by atoms with Gasteiger partial charge in [0.2, 0.25) is 10.0 Å². The number of nitrogens with zero attached hydrogens (tertiary/aromatic N) is 1. The molecule has 0 fully saturated rings. The average Bonchev–Trinajstić information content (AvgIpc) is 2.36. The number of nitriles is 1. The van der Waals surface area contributed by atoms with E-state index in [2.05, 4.69) is 9.46 Å². The van der Waals surface area contributed by atoms with E-state index in [-0.39, 0.29) is 13.2 Å². The summed E-state index contributed by atoms with van der Waals surface area (Å²) in [6.07, 6.45) is 0. The van der Waals surface area contributed by atoms with Gasteiger partial charge >= 0.3 is 5.97 Å². The van der Waals surface area contributed by atoms with Gasteiger partial charge in [-0.05, 0) is 24.6 Å². The Morgan fingerprint density at radius 3 is 2.84 bits per heavy atom. The number of benzene rings is 1. The molecule has 0 aliphatic carbocycles. The molecule has 0 radical (unpaired) electrons. The van der Waals surface area contributed by atoms with E-state index in [1.165, 1.54) is 0 Å². The molecule has 6 nitrogen and oxygen atoms in total. The Bertz CT molecular complexity index is 590. The molecule has 1 aromatic carbocycles. The molecule has 0 aliphatic rings. The van der Waals surface area contributed by atoms with Crippen molar-refractivity contribution < 1.29 is 17.9 Å². The minimum absolute atomic E-state index is 0.0251. The zero-order valence-corrected chi connectivity index (χ0v) is 11.2. The highest BCUT2D eigenvalue weighted by atomic mass is 32.2. The number of hydrogen-bond acceptors (Lipinski definition) is 5. The molecule has 7 heteroatoms. The molecule has 0 aliphatic heterocycles. The van der Waals surface area contributed by atoms with Gasteiger partial charge in [-0.25, -0.2) is 13.1 Å². The van der Waals surface area contributed by atoms with Gasteiger partial charge in [0.05, 0.1) is 18.2 Å². The molecule has 1 N–H and O–H groups in total. The van der Waals surface area contributed by atoms with Gasteiger partial charge in [0.25, 0.3) is 0 Å². The molecular formula is C12H14N2O4S. The topological polar surface area (TPSA) is 96.3 Å². The van der Waals surface area contributed by atoms with Crippen molar-refractivity contribution >= 4 is 16.0 Å². The minimum atomic E-state index is -3.73. The summed E-state index contributed by atoms with van der Waals surface area (Å²) in [5.74, 6) is -1.50. The Morgan fingerprint density at radius 1 is 1.47 bits per heavy atom. The third kappa shape index (κ3) is 5.50. The van der Waals surface area contributed by atoms with Gasteiger partial charge in [0.15, 0.2) is 5.75 Å². The molecule has 0 heterocycles. The number of sulfonamides is 1. The number of nitrogens with one attached hydrogen (secondary N) is 1. The lowest BCUT2D eigenvalue weighted by molar-refractivity contribution is -0.139. The maximum atomic E-state index is 11.6. The largest absolute Gasteiger partial charge is 0.465 e. The molecule has 0 saturated carbocycles. The highest BCUT2D eigenvalue weighted by Gasteiger charge is 2.16. The third-order valence-electron chi connectivity index (χ3n) is 2.17. The van der Waals surface area contributed by atoms with E-state index in [0.29, 0.717) is 11.1 Å². The smallest absolute Gasteiger partial charge is 0.322 e. The first-order valence-electron chi connectivity index (χ1n) is 5.59. The monoisotopic (exact) mass is 282 g/mol. The zero-order valence-electron chi connectivity index (χ0n) is 10.4. The summed E-state index contributed by atoms with van der Waals surface area (Å²) >= 11 is 0. The van der Waals surface area contributed by atoms with Crippen molar-refractivity contribution in [1.29, 1.82) is 5.26 Å². The molecule has 102 valence electrons. The first kappa shape index (κ1) is 15.1. The Hall–Kier alpha value is -1.91. The SMILES string of the molecule is CCOC(=O)CS(=O)(=O)NCc1cccc(C#N)c1. The quantitative estimate of drug-likeness (QED) is 0.768. The number of ether oxygens (including phenoxy) is 1. The van der Waals surface area contributed by atoms with Gasteiger partial charge in [-0.15, -0.1) is 0 Å². The molecule has 0 spiro atoms. The van der Waals surface area contributed by atoms with Crippen LogP contribution in [0.2, 0.25) is 0 Å². The van der Waals surface area contributed by atoms with E-state index in [4.69, 9.17) is 5.26 Å². The molecule has 1 rings (SSSR count). The number of rotatable bonds is 6. The van der Waals surface area contributed by atoms with E-state index in [1.54, 1.807) is 31.2 Å². The third-order valence-corrected chi connectivity index (χ3v) is 3.37. The molecule has 0 unspecified atom stereocenters. The van der Waals surface area contributed by atoms with E-state index in [0.717, 1.165) is 0 Å². The predicted molar refractivity (Wildman–Crippen MR) is 68.4 cm³/mol. The van der Waals surface area contributed by atoms with Crippen LogP contribution in [0.1, 0.15) is 18.1 Å². The highest BCUT2D eigenvalue weighted by molar-refractivity contribution is 7.90. The summed E-state index contributed by atoms with van der Waals surface area (Å²) in [4.78, 5) is 11.1. The van der Waals surface area contributed by atoms with Crippen molar-refractivity contribution in [2.24, 2.45) is 0 Å². The molecule has 0 amide bonds. The summed E-state index contributed by atoms with van der Waals surface area (Å²) in [5, 5.41) is 8.72. The lowest BCUT2D eigenvalue weighted by atomic mass is 10.1. The van der Waals surface area contributed by atoms with Crippen LogP contribution in [0.4, 0.5) is 0 Å². The van der Waals surface area contributed by atoms with Gasteiger partial charge < -0.3 is 4.74 Å². The minimum Gasteiger partial charge on any atom is -0.465 e. The lowest BCUT2D eigenvalue weighted by Crippen LogP contribution is -2.30. The normalized spacial score (nSPS) is 10.7. The van der Waals surface area contributed by atoms with Crippen LogP contribution in [-0.2, 0) is 26.1 Å². The van der Waals surface area contributed by atoms with E-state index < -0.39 is 21.7 Å². The fourth-order valence-corrected chi connectivity index (χ4v) is 2.24. The Labute approximate surface area is 112 Å². The zero-order chi connectivity index (χ0) is 14.3. The van der Waals surface area contributed by atoms with Crippen molar-refractivity contribution in [3.05, 3.63) is 35.4 Å². The Kier molecular flexibility index (Phi) is 5.48. The second-order valence-corrected chi connectivity index (χ2v) is 5.50. The molecule has 1 aromatic rings. The summed E-state index contributed by atoms with van der Waals surface area (Å²) in [6.45, 7) is 1.77. The van der Waals surface area contributed by atoms with Gasteiger partial charge in [-0.3, -0.25) is 4.79 Å². The fraction of sp³-hybridized carbons (Fsp3) is 0.333. The van der Waals surface area contributed by atoms with Gasteiger partial charge in [0.1, 0.15) is 0 Å².